The van der Waals surface area contributed by atoms with Crippen molar-refractivity contribution in [2.75, 3.05) is 19.8 Å². The number of aliphatic imine (C=N–C) groups is 1. The lowest BCUT2D eigenvalue weighted by atomic mass is 9.44. The zero-order chi connectivity index (χ0) is 21.1. The summed E-state index contributed by atoms with van der Waals surface area (Å²) in [5, 5.41) is 3.33. The van der Waals surface area contributed by atoms with Gasteiger partial charge in [0.1, 0.15) is 18.7 Å². The van der Waals surface area contributed by atoms with Crippen molar-refractivity contribution in [3.8, 4) is 0 Å². The standard InChI is InChI=1S/C25H37FN2O2/c1-15-10-18-19(5-8-25(3)22(29)12-21(26)23(18)25)24(2)7-4-16(11-20(15)24)28-14-30-17-6-9-27-13-17/h17-21,23,27H,1,4-14H2,2-3H3/b28-16+/t17?,18?,19?,20?,21?,23?,24-,25-/m1/s1. The maximum atomic E-state index is 15.0. The second kappa shape index (κ2) is 7.51. The van der Waals surface area contributed by atoms with Crippen LogP contribution in [0.1, 0.15) is 65.2 Å². The topological polar surface area (TPSA) is 50.7 Å². The van der Waals surface area contributed by atoms with Gasteiger partial charge in [0.05, 0.1) is 6.10 Å². The summed E-state index contributed by atoms with van der Waals surface area (Å²) in [7, 11) is 0. The van der Waals surface area contributed by atoms with Crippen molar-refractivity contribution >= 4 is 11.5 Å². The molecule has 0 spiro atoms. The highest BCUT2D eigenvalue weighted by Crippen LogP contribution is 2.66. The van der Waals surface area contributed by atoms with Crippen LogP contribution in [0.15, 0.2) is 17.1 Å². The molecule has 4 aliphatic carbocycles. The Balaban J connectivity index is 1.32. The van der Waals surface area contributed by atoms with E-state index in [4.69, 9.17) is 9.73 Å². The fourth-order valence-corrected chi connectivity index (χ4v) is 7.98. The summed E-state index contributed by atoms with van der Waals surface area (Å²) in [6.07, 6.45) is 6.41. The first-order chi connectivity index (χ1) is 14.3. The van der Waals surface area contributed by atoms with Gasteiger partial charge in [-0.05, 0) is 74.7 Å². The quantitative estimate of drug-likeness (QED) is 0.690. The first kappa shape index (κ1) is 20.8. The third-order valence-corrected chi connectivity index (χ3v) is 9.73. The number of nitrogens with zero attached hydrogens (tertiary/aromatic N) is 1. The molecular weight excluding hydrogens is 379 g/mol. The largest absolute Gasteiger partial charge is 0.355 e. The minimum atomic E-state index is -0.966. The van der Waals surface area contributed by atoms with Gasteiger partial charge in [0.25, 0.3) is 0 Å². The molecule has 1 heterocycles. The summed E-state index contributed by atoms with van der Waals surface area (Å²) >= 11 is 0. The number of halogens is 1. The third kappa shape index (κ3) is 3.14. The van der Waals surface area contributed by atoms with Gasteiger partial charge in [-0.1, -0.05) is 26.0 Å². The summed E-state index contributed by atoms with van der Waals surface area (Å²) in [6.45, 7) is 11.4. The summed E-state index contributed by atoms with van der Waals surface area (Å²) in [5.41, 5.74) is 2.24. The maximum absolute atomic E-state index is 15.0. The molecule has 166 valence electrons. The second-order valence-electron chi connectivity index (χ2n) is 11.2. The maximum Gasteiger partial charge on any atom is 0.142 e. The van der Waals surface area contributed by atoms with Gasteiger partial charge in [-0.15, -0.1) is 0 Å². The lowest BCUT2D eigenvalue weighted by Gasteiger charge is -2.60. The zero-order valence-electron chi connectivity index (χ0n) is 18.6. The average molecular weight is 417 g/mol. The third-order valence-electron chi connectivity index (χ3n) is 9.73. The Bertz CT molecular complexity index is 760. The number of carbonyl (C=O) groups excluding carboxylic acids is 1. The molecule has 0 bridgehead atoms. The molecule has 0 radical (unpaired) electrons. The average Bonchev–Trinajstić information content (AvgIpc) is 3.29. The van der Waals surface area contributed by atoms with Gasteiger partial charge in [0.15, 0.2) is 0 Å². The van der Waals surface area contributed by atoms with E-state index in [0.717, 1.165) is 58.0 Å². The first-order valence-electron chi connectivity index (χ1n) is 12.0. The predicted octanol–water partition coefficient (Wildman–Crippen LogP) is 4.49. The van der Waals surface area contributed by atoms with Crippen LogP contribution in [-0.2, 0) is 9.53 Å². The lowest BCUT2D eigenvalue weighted by Crippen LogP contribution is -2.55. The molecule has 5 fully saturated rings. The van der Waals surface area contributed by atoms with E-state index >= 15 is 4.39 Å². The number of ketones is 1. The number of ether oxygens (including phenoxy) is 1. The number of nitrogens with one attached hydrogen (secondary N) is 1. The molecule has 5 aliphatic rings. The molecular formula is C25H37FN2O2. The minimum absolute atomic E-state index is 0.109. The van der Waals surface area contributed by atoms with Crippen LogP contribution in [0.5, 0.6) is 0 Å². The van der Waals surface area contributed by atoms with E-state index in [1.54, 1.807) is 0 Å². The minimum Gasteiger partial charge on any atom is -0.355 e. The van der Waals surface area contributed by atoms with Crippen LogP contribution >= 0.6 is 0 Å². The summed E-state index contributed by atoms with van der Waals surface area (Å²) in [4.78, 5) is 17.4. The highest BCUT2D eigenvalue weighted by Gasteiger charge is 2.63. The van der Waals surface area contributed by atoms with Crippen LogP contribution in [0.2, 0.25) is 0 Å². The molecule has 0 aromatic rings. The van der Waals surface area contributed by atoms with Gasteiger partial charge in [0, 0.05) is 30.0 Å². The van der Waals surface area contributed by atoms with E-state index in [-0.39, 0.29) is 29.5 Å². The van der Waals surface area contributed by atoms with Gasteiger partial charge in [-0.2, -0.15) is 0 Å². The molecule has 1 aliphatic heterocycles. The predicted molar refractivity (Wildman–Crippen MR) is 116 cm³/mol. The van der Waals surface area contributed by atoms with Crippen LogP contribution in [-0.4, -0.2) is 43.6 Å². The Labute approximate surface area is 180 Å². The SMILES string of the molecule is C=C1CC2C(CC[C@]3(C)C(=O)CC(F)C23)[C@@]2(C)CC/C(=N\COC3CCNC3)CC12. The van der Waals surface area contributed by atoms with Crippen molar-refractivity contribution in [3.63, 3.8) is 0 Å². The van der Waals surface area contributed by atoms with Crippen LogP contribution < -0.4 is 5.32 Å². The molecule has 5 heteroatoms. The molecule has 6 unspecified atom stereocenters. The fraction of sp³-hybridized carbons (Fsp3) is 0.840. The smallest absolute Gasteiger partial charge is 0.142 e. The molecule has 0 amide bonds. The van der Waals surface area contributed by atoms with E-state index in [9.17, 15) is 4.79 Å². The number of fused-ring (bicyclic) bond motifs is 5. The summed E-state index contributed by atoms with van der Waals surface area (Å²) < 4.78 is 21.0. The van der Waals surface area contributed by atoms with E-state index in [2.05, 4.69) is 18.8 Å². The number of rotatable bonds is 3. The Kier molecular flexibility index (Phi) is 5.21. The van der Waals surface area contributed by atoms with Crippen molar-refractivity contribution < 1.29 is 13.9 Å². The van der Waals surface area contributed by atoms with Crippen LogP contribution in [0.3, 0.4) is 0 Å². The van der Waals surface area contributed by atoms with Gasteiger partial charge in [0.2, 0.25) is 0 Å². The van der Waals surface area contributed by atoms with Gasteiger partial charge >= 0.3 is 0 Å². The Morgan fingerprint density at radius 1 is 1.23 bits per heavy atom. The number of hydrogen-bond acceptors (Lipinski definition) is 4. The molecule has 5 rings (SSSR count). The summed E-state index contributed by atoms with van der Waals surface area (Å²) in [6, 6.07) is 0. The van der Waals surface area contributed by atoms with Crippen molar-refractivity contribution in [3.05, 3.63) is 12.2 Å². The zero-order valence-corrected chi connectivity index (χ0v) is 18.6. The Morgan fingerprint density at radius 3 is 2.83 bits per heavy atom. The molecule has 1 saturated heterocycles. The van der Waals surface area contributed by atoms with Crippen molar-refractivity contribution in [2.45, 2.75) is 77.5 Å². The normalized spacial score (nSPS) is 49.8. The molecule has 4 nitrogen and oxygen atoms in total. The van der Waals surface area contributed by atoms with Gasteiger partial charge in [-0.25, -0.2) is 4.39 Å². The molecule has 0 aromatic carbocycles. The Morgan fingerprint density at radius 2 is 2.07 bits per heavy atom. The van der Waals surface area contributed by atoms with Gasteiger partial charge < -0.3 is 10.1 Å². The number of allylic oxidation sites excluding steroid dienone is 1. The number of alkyl halides is 1. The number of carbonyl (C=O) groups is 1. The molecule has 0 aromatic heterocycles. The van der Waals surface area contributed by atoms with E-state index in [1.165, 1.54) is 11.3 Å². The van der Waals surface area contributed by atoms with E-state index in [1.807, 2.05) is 6.92 Å². The number of hydrogen-bond donors (Lipinski definition) is 1. The monoisotopic (exact) mass is 416 g/mol. The molecule has 1 N–H and O–H groups in total. The summed E-state index contributed by atoms with van der Waals surface area (Å²) in [5.74, 6) is 1.25. The first-order valence-corrected chi connectivity index (χ1v) is 12.0. The van der Waals surface area contributed by atoms with Crippen molar-refractivity contribution in [1.29, 1.82) is 0 Å². The van der Waals surface area contributed by atoms with E-state index in [0.29, 0.717) is 24.7 Å². The lowest BCUT2D eigenvalue weighted by molar-refractivity contribution is -0.135. The highest BCUT2D eigenvalue weighted by atomic mass is 19.1. The highest BCUT2D eigenvalue weighted by molar-refractivity contribution is 5.88. The molecule has 8 atom stereocenters. The van der Waals surface area contributed by atoms with Crippen molar-refractivity contribution in [1.82, 2.24) is 5.32 Å². The van der Waals surface area contributed by atoms with E-state index < -0.39 is 11.6 Å². The Hall–Kier alpha value is -1.07. The van der Waals surface area contributed by atoms with Crippen LogP contribution in [0, 0.1) is 34.5 Å². The second-order valence-corrected chi connectivity index (χ2v) is 11.2. The van der Waals surface area contributed by atoms with Gasteiger partial charge in [-0.3, -0.25) is 9.79 Å². The number of Topliss-reactive ketones (excluding diaryl/α,β-unsaturated/α-hetero) is 1. The molecule has 30 heavy (non-hydrogen) atoms. The van der Waals surface area contributed by atoms with Crippen LogP contribution in [0.4, 0.5) is 4.39 Å². The fourth-order valence-electron chi connectivity index (χ4n) is 7.98. The molecule has 4 saturated carbocycles. The van der Waals surface area contributed by atoms with Crippen LogP contribution in [0.25, 0.3) is 0 Å². The van der Waals surface area contributed by atoms with Crippen molar-refractivity contribution in [2.24, 2.45) is 39.5 Å².